The van der Waals surface area contributed by atoms with E-state index in [-0.39, 0.29) is 5.88 Å². The first kappa shape index (κ1) is 11.4. The molecule has 1 aromatic heterocycles. The average Bonchev–Trinajstić information content (AvgIpc) is 2.16. The fourth-order valence-corrected chi connectivity index (χ4v) is 1.06. The first-order chi connectivity index (χ1) is 7.09. The molecule has 0 atom stereocenters. The summed E-state index contributed by atoms with van der Waals surface area (Å²) in [4.78, 5) is 3.93. The molecule has 0 aliphatic rings. The highest BCUT2D eigenvalue weighted by atomic mass is 16.5. The molecule has 0 unspecified atom stereocenters. The summed E-state index contributed by atoms with van der Waals surface area (Å²) in [5.74, 6) is 0.0729. The van der Waals surface area contributed by atoms with Gasteiger partial charge in [0.2, 0.25) is 5.88 Å². The van der Waals surface area contributed by atoms with E-state index in [1.54, 1.807) is 6.07 Å². The van der Waals surface area contributed by atoms with Gasteiger partial charge in [0.15, 0.2) is 0 Å². The van der Waals surface area contributed by atoms with Crippen molar-refractivity contribution in [3.05, 3.63) is 36.4 Å². The second-order valence-corrected chi connectivity index (χ2v) is 2.71. The van der Waals surface area contributed by atoms with Crippen molar-refractivity contribution in [2.75, 3.05) is 0 Å². The number of pyridine rings is 1. The number of hydrogen-bond acceptors (Lipinski definition) is 5. The normalized spacial score (nSPS) is 9.27. The zero-order valence-electron chi connectivity index (χ0n) is 7.78. The molecule has 0 saturated heterocycles. The highest BCUT2D eigenvalue weighted by molar-refractivity contribution is 6.30. The van der Waals surface area contributed by atoms with Crippen LogP contribution < -0.4 is 0 Å². The molecular formula is C9H10BNO4. The Morgan fingerprint density at radius 2 is 1.53 bits per heavy atom. The van der Waals surface area contributed by atoms with Crippen molar-refractivity contribution in [2.45, 2.75) is 0 Å². The molecule has 0 aliphatic carbocycles. The Balaban J connectivity index is 0.000000245. The third kappa shape index (κ3) is 3.95. The number of aromatic nitrogens is 1. The molecule has 2 aromatic rings. The Labute approximate surface area is 86.4 Å². The molecular weight excluding hydrogens is 197 g/mol. The molecule has 1 aromatic carbocycles. The zero-order valence-corrected chi connectivity index (χ0v) is 7.78. The minimum Gasteiger partial charge on any atom is -0.493 e. The van der Waals surface area contributed by atoms with Crippen LogP contribution in [0.2, 0.25) is 0 Å². The van der Waals surface area contributed by atoms with E-state index in [4.69, 9.17) is 20.2 Å². The summed E-state index contributed by atoms with van der Waals surface area (Å²) in [7, 11) is -2.17. The molecule has 2 rings (SSSR count). The van der Waals surface area contributed by atoms with E-state index in [0.717, 1.165) is 10.9 Å². The van der Waals surface area contributed by atoms with Crippen LogP contribution in [-0.4, -0.2) is 32.5 Å². The fraction of sp³-hybridized carbons (Fsp3) is 0. The van der Waals surface area contributed by atoms with Crippen molar-refractivity contribution in [1.82, 2.24) is 4.98 Å². The molecule has 78 valence electrons. The van der Waals surface area contributed by atoms with Crippen molar-refractivity contribution < 1.29 is 20.2 Å². The molecule has 0 amide bonds. The molecule has 15 heavy (non-hydrogen) atoms. The van der Waals surface area contributed by atoms with E-state index in [2.05, 4.69) is 4.98 Å². The van der Waals surface area contributed by atoms with Crippen LogP contribution in [0.25, 0.3) is 10.9 Å². The number of nitrogens with zero attached hydrogens (tertiary/aromatic N) is 1. The van der Waals surface area contributed by atoms with E-state index in [0.29, 0.717) is 0 Å². The van der Waals surface area contributed by atoms with E-state index >= 15 is 0 Å². The average molecular weight is 207 g/mol. The third-order valence-electron chi connectivity index (χ3n) is 1.58. The molecule has 0 spiro atoms. The van der Waals surface area contributed by atoms with Crippen LogP contribution in [0, 0.1) is 0 Å². The van der Waals surface area contributed by atoms with E-state index in [1.165, 1.54) is 0 Å². The van der Waals surface area contributed by atoms with E-state index in [1.807, 2.05) is 30.3 Å². The minimum atomic E-state index is -2.17. The summed E-state index contributed by atoms with van der Waals surface area (Å²) in [5, 5.41) is 31.6. The van der Waals surface area contributed by atoms with Gasteiger partial charge >= 0.3 is 7.32 Å². The maximum absolute atomic E-state index is 9.02. The summed E-state index contributed by atoms with van der Waals surface area (Å²) >= 11 is 0. The van der Waals surface area contributed by atoms with Crippen LogP contribution in [0.5, 0.6) is 5.88 Å². The minimum absolute atomic E-state index is 0.0729. The van der Waals surface area contributed by atoms with Crippen molar-refractivity contribution >= 4 is 18.2 Å². The Morgan fingerprint density at radius 3 is 2.20 bits per heavy atom. The van der Waals surface area contributed by atoms with Crippen LogP contribution in [0.4, 0.5) is 0 Å². The second-order valence-electron chi connectivity index (χ2n) is 2.71. The summed E-state index contributed by atoms with van der Waals surface area (Å²) in [6.07, 6.45) is 0. The standard InChI is InChI=1S/C9H7NO.BH3O3/c11-9-6-5-7-3-1-2-4-8(7)10-9;2-1(3)4/h1-6H,(H,10,11);2-4H. The predicted molar refractivity (Wildman–Crippen MR) is 55.8 cm³/mol. The summed E-state index contributed by atoms with van der Waals surface area (Å²) < 4.78 is 0. The molecule has 0 radical (unpaired) electrons. The lowest BCUT2D eigenvalue weighted by atomic mass is 10.2. The van der Waals surface area contributed by atoms with Gasteiger partial charge in [0, 0.05) is 11.5 Å². The maximum Gasteiger partial charge on any atom is 0.631 e. The lowest BCUT2D eigenvalue weighted by Crippen LogP contribution is -2.07. The lowest BCUT2D eigenvalue weighted by molar-refractivity contribution is 0.278. The number of hydrogen-bond donors (Lipinski definition) is 4. The Kier molecular flexibility index (Phi) is 4.05. The molecule has 0 bridgehead atoms. The van der Waals surface area contributed by atoms with Crippen molar-refractivity contribution in [2.24, 2.45) is 0 Å². The largest absolute Gasteiger partial charge is 0.631 e. The Morgan fingerprint density at radius 1 is 0.933 bits per heavy atom. The third-order valence-corrected chi connectivity index (χ3v) is 1.58. The maximum atomic E-state index is 9.02. The molecule has 0 aliphatic heterocycles. The molecule has 0 fully saturated rings. The lowest BCUT2D eigenvalue weighted by Gasteiger charge is -1.95. The SMILES string of the molecule is OB(O)O.Oc1ccc2ccccc2n1. The van der Waals surface area contributed by atoms with Crippen LogP contribution in [-0.2, 0) is 0 Å². The van der Waals surface area contributed by atoms with Gasteiger partial charge in [0.25, 0.3) is 0 Å². The highest BCUT2D eigenvalue weighted by Gasteiger charge is 1.93. The number of rotatable bonds is 0. The van der Waals surface area contributed by atoms with Gasteiger partial charge in [-0.1, -0.05) is 18.2 Å². The monoisotopic (exact) mass is 207 g/mol. The van der Waals surface area contributed by atoms with Crippen LogP contribution >= 0.6 is 0 Å². The molecule has 0 saturated carbocycles. The summed E-state index contributed by atoms with van der Waals surface area (Å²) in [6.45, 7) is 0. The topological polar surface area (TPSA) is 93.8 Å². The molecule has 1 heterocycles. The van der Waals surface area contributed by atoms with E-state index < -0.39 is 7.32 Å². The molecule has 6 heteroatoms. The summed E-state index contributed by atoms with van der Waals surface area (Å²) in [6, 6.07) is 11.1. The van der Waals surface area contributed by atoms with Gasteiger partial charge in [-0.15, -0.1) is 0 Å². The molecule has 4 N–H and O–H groups in total. The molecule has 5 nitrogen and oxygen atoms in total. The van der Waals surface area contributed by atoms with Gasteiger partial charge in [-0.3, -0.25) is 0 Å². The number of fused-ring (bicyclic) bond motifs is 1. The van der Waals surface area contributed by atoms with Gasteiger partial charge in [0.1, 0.15) is 0 Å². The van der Waals surface area contributed by atoms with E-state index in [9.17, 15) is 0 Å². The number of benzene rings is 1. The first-order valence-corrected chi connectivity index (χ1v) is 4.18. The first-order valence-electron chi connectivity index (χ1n) is 4.18. The Bertz CT molecular complexity index is 432. The zero-order chi connectivity index (χ0) is 11.3. The quantitative estimate of drug-likeness (QED) is 0.452. The fourth-order valence-electron chi connectivity index (χ4n) is 1.06. The van der Waals surface area contributed by atoms with Gasteiger partial charge in [-0.25, -0.2) is 4.98 Å². The highest BCUT2D eigenvalue weighted by Crippen LogP contribution is 2.14. The summed E-state index contributed by atoms with van der Waals surface area (Å²) in [5.41, 5.74) is 0.826. The van der Waals surface area contributed by atoms with Crippen LogP contribution in [0.15, 0.2) is 36.4 Å². The number of aromatic hydroxyl groups is 1. The van der Waals surface area contributed by atoms with Crippen molar-refractivity contribution in [1.29, 1.82) is 0 Å². The van der Waals surface area contributed by atoms with Gasteiger partial charge in [0.05, 0.1) is 5.52 Å². The van der Waals surface area contributed by atoms with Crippen molar-refractivity contribution in [3.8, 4) is 5.88 Å². The smallest absolute Gasteiger partial charge is 0.493 e. The van der Waals surface area contributed by atoms with Crippen LogP contribution in [0.3, 0.4) is 0 Å². The predicted octanol–water partition coefficient (Wildman–Crippen LogP) is -0.111. The Hall–Kier alpha value is -1.63. The van der Waals surface area contributed by atoms with Crippen molar-refractivity contribution in [3.63, 3.8) is 0 Å². The second kappa shape index (κ2) is 5.30. The van der Waals surface area contributed by atoms with Crippen LogP contribution in [0.1, 0.15) is 0 Å². The van der Waals surface area contributed by atoms with Gasteiger partial charge in [-0.2, -0.15) is 0 Å². The van der Waals surface area contributed by atoms with Gasteiger partial charge < -0.3 is 20.2 Å². The van der Waals surface area contributed by atoms with Gasteiger partial charge in [-0.05, 0) is 12.1 Å². The number of para-hydroxylation sites is 1.